The lowest BCUT2D eigenvalue weighted by atomic mass is 10.2. The Morgan fingerprint density at radius 2 is 2.04 bits per heavy atom. The van der Waals surface area contributed by atoms with E-state index in [0.717, 1.165) is 30.7 Å². The van der Waals surface area contributed by atoms with Crippen molar-refractivity contribution in [2.24, 2.45) is 4.99 Å². The molecule has 1 saturated heterocycles. The number of anilines is 1. The second kappa shape index (κ2) is 8.79. The van der Waals surface area contributed by atoms with Crippen LogP contribution in [-0.4, -0.2) is 63.8 Å². The molecule has 0 aromatic heterocycles. The van der Waals surface area contributed by atoms with Crippen molar-refractivity contribution >= 4 is 21.7 Å². The van der Waals surface area contributed by atoms with Crippen molar-refractivity contribution in [1.82, 2.24) is 9.62 Å². The summed E-state index contributed by atoms with van der Waals surface area (Å²) in [5, 5.41) is 6.46. The Bertz CT molecular complexity index is 782. The fourth-order valence-corrected chi connectivity index (χ4v) is 4.48. The molecule has 150 valence electrons. The SMILES string of the molecule is CCNC(=NC[C@H]1CCCN1S(C)(=O)=O)Nc1ccc2c(c1)OCCCO2. The van der Waals surface area contributed by atoms with Crippen molar-refractivity contribution in [1.29, 1.82) is 0 Å². The van der Waals surface area contributed by atoms with Gasteiger partial charge in [-0.2, -0.15) is 4.31 Å². The number of hydrogen-bond donors (Lipinski definition) is 2. The predicted molar refractivity (Wildman–Crippen MR) is 106 cm³/mol. The number of rotatable bonds is 5. The monoisotopic (exact) mass is 396 g/mol. The van der Waals surface area contributed by atoms with Crippen LogP contribution in [0.5, 0.6) is 11.5 Å². The smallest absolute Gasteiger partial charge is 0.211 e. The zero-order valence-electron chi connectivity index (χ0n) is 15.9. The maximum atomic E-state index is 11.9. The molecule has 27 heavy (non-hydrogen) atoms. The summed E-state index contributed by atoms with van der Waals surface area (Å²) in [5.41, 5.74) is 0.838. The molecule has 2 aliphatic rings. The van der Waals surface area contributed by atoms with Gasteiger partial charge in [-0.25, -0.2) is 8.42 Å². The van der Waals surface area contributed by atoms with Gasteiger partial charge in [0.25, 0.3) is 0 Å². The number of guanidine groups is 1. The van der Waals surface area contributed by atoms with E-state index in [1.807, 2.05) is 25.1 Å². The Morgan fingerprint density at radius 3 is 2.78 bits per heavy atom. The summed E-state index contributed by atoms with van der Waals surface area (Å²) in [4.78, 5) is 4.60. The number of fused-ring (bicyclic) bond motifs is 1. The summed E-state index contributed by atoms with van der Waals surface area (Å²) in [6.07, 6.45) is 3.83. The van der Waals surface area contributed by atoms with Crippen LogP contribution in [0.15, 0.2) is 23.2 Å². The number of nitrogens with one attached hydrogen (secondary N) is 2. The Morgan fingerprint density at radius 1 is 1.26 bits per heavy atom. The molecule has 3 rings (SSSR count). The molecule has 0 unspecified atom stereocenters. The number of aliphatic imine (C=N–C) groups is 1. The number of hydrogen-bond acceptors (Lipinski definition) is 5. The van der Waals surface area contributed by atoms with Crippen LogP contribution in [0.3, 0.4) is 0 Å². The molecule has 0 radical (unpaired) electrons. The van der Waals surface area contributed by atoms with Crippen molar-refractivity contribution in [2.45, 2.75) is 32.2 Å². The van der Waals surface area contributed by atoms with Crippen molar-refractivity contribution in [3.8, 4) is 11.5 Å². The molecule has 2 N–H and O–H groups in total. The third kappa shape index (κ3) is 5.26. The first-order valence-electron chi connectivity index (χ1n) is 9.39. The maximum absolute atomic E-state index is 11.9. The maximum Gasteiger partial charge on any atom is 0.211 e. The fraction of sp³-hybridized carbons (Fsp3) is 0.611. The summed E-state index contributed by atoms with van der Waals surface area (Å²) in [7, 11) is -3.19. The van der Waals surface area contributed by atoms with Gasteiger partial charge in [-0.15, -0.1) is 0 Å². The van der Waals surface area contributed by atoms with Gasteiger partial charge in [0.15, 0.2) is 17.5 Å². The largest absolute Gasteiger partial charge is 0.490 e. The molecule has 0 amide bonds. The van der Waals surface area contributed by atoms with Gasteiger partial charge in [-0.05, 0) is 31.9 Å². The van der Waals surface area contributed by atoms with E-state index in [2.05, 4.69) is 15.6 Å². The molecule has 0 saturated carbocycles. The number of nitrogens with zero attached hydrogens (tertiary/aromatic N) is 2. The highest BCUT2D eigenvalue weighted by molar-refractivity contribution is 7.88. The standard InChI is InChI=1S/C18H28N4O4S/c1-3-19-18(20-13-15-6-4-9-22(15)27(2,23)24)21-14-7-8-16-17(12-14)26-11-5-10-25-16/h7-8,12,15H,3-6,9-11,13H2,1-2H3,(H2,19,20,21)/t15-/m1/s1. The zero-order chi connectivity index (χ0) is 19.3. The Labute approximate surface area is 161 Å². The Balaban J connectivity index is 1.70. The minimum absolute atomic E-state index is 0.0840. The molecule has 1 atom stereocenters. The van der Waals surface area contributed by atoms with Crippen LogP contribution in [0.2, 0.25) is 0 Å². The van der Waals surface area contributed by atoms with Gasteiger partial charge in [0.05, 0.1) is 26.0 Å². The van der Waals surface area contributed by atoms with E-state index in [1.165, 1.54) is 6.26 Å². The van der Waals surface area contributed by atoms with E-state index in [0.29, 0.717) is 44.6 Å². The molecule has 2 aliphatic heterocycles. The van der Waals surface area contributed by atoms with Gasteiger partial charge in [-0.3, -0.25) is 4.99 Å². The molecular formula is C18H28N4O4S. The minimum Gasteiger partial charge on any atom is -0.490 e. The molecule has 0 bridgehead atoms. The van der Waals surface area contributed by atoms with Crippen molar-refractivity contribution in [2.75, 3.05) is 44.4 Å². The first-order chi connectivity index (χ1) is 13.0. The Hall–Kier alpha value is -2.00. The number of sulfonamides is 1. The van der Waals surface area contributed by atoms with Crippen LogP contribution >= 0.6 is 0 Å². The molecule has 9 heteroatoms. The van der Waals surface area contributed by atoms with E-state index in [9.17, 15) is 8.42 Å². The van der Waals surface area contributed by atoms with Crippen LogP contribution in [0.1, 0.15) is 26.2 Å². The zero-order valence-corrected chi connectivity index (χ0v) is 16.7. The highest BCUT2D eigenvalue weighted by Crippen LogP contribution is 2.32. The second-order valence-corrected chi connectivity index (χ2v) is 8.66. The third-order valence-electron chi connectivity index (χ3n) is 4.56. The second-order valence-electron chi connectivity index (χ2n) is 6.73. The van der Waals surface area contributed by atoms with Gasteiger partial charge in [0.2, 0.25) is 10.0 Å². The lowest BCUT2D eigenvalue weighted by molar-refractivity contribution is 0.297. The fourth-order valence-electron chi connectivity index (χ4n) is 3.31. The molecule has 0 spiro atoms. The van der Waals surface area contributed by atoms with Crippen molar-refractivity contribution in [3.63, 3.8) is 0 Å². The average molecular weight is 397 g/mol. The van der Waals surface area contributed by atoms with E-state index in [-0.39, 0.29) is 6.04 Å². The highest BCUT2D eigenvalue weighted by Gasteiger charge is 2.31. The molecule has 1 fully saturated rings. The van der Waals surface area contributed by atoms with Gasteiger partial charge in [0, 0.05) is 37.3 Å². The molecule has 8 nitrogen and oxygen atoms in total. The normalized spacial score (nSPS) is 21.0. The van der Waals surface area contributed by atoms with E-state index < -0.39 is 10.0 Å². The molecule has 2 heterocycles. The lowest BCUT2D eigenvalue weighted by Gasteiger charge is -2.21. The molecule has 1 aromatic carbocycles. The average Bonchev–Trinajstić information content (AvgIpc) is 2.98. The lowest BCUT2D eigenvalue weighted by Crippen LogP contribution is -2.38. The third-order valence-corrected chi connectivity index (χ3v) is 5.90. The van der Waals surface area contributed by atoms with Gasteiger partial charge in [-0.1, -0.05) is 0 Å². The van der Waals surface area contributed by atoms with E-state index in [4.69, 9.17) is 9.47 Å². The van der Waals surface area contributed by atoms with Crippen molar-refractivity contribution < 1.29 is 17.9 Å². The number of benzene rings is 1. The quantitative estimate of drug-likeness (QED) is 0.581. The topological polar surface area (TPSA) is 92.3 Å². The molecule has 1 aromatic rings. The van der Waals surface area contributed by atoms with Gasteiger partial charge in [0.1, 0.15) is 0 Å². The number of ether oxygens (including phenoxy) is 2. The van der Waals surface area contributed by atoms with E-state index >= 15 is 0 Å². The van der Waals surface area contributed by atoms with Gasteiger partial charge < -0.3 is 20.1 Å². The van der Waals surface area contributed by atoms with Crippen LogP contribution in [0.25, 0.3) is 0 Å². The van der Waals surface area contributed by atoms with Crippen LogP contribution in [0.4, 0.5) is 5.69 Å². The summed E-state index contributed by atoms with van der Waals surface area (Å²) < 4.78 is 36.7. The molecular weight excluding hydrogens is 368 g/mol. The van der Waals surface area contributed by atoms with Crippen LogP contribution < -0.4 is 20.1 Å². The first kappa shape index (κ1) is 19.8. The minimum atomic E-state index is -3.19. The summed E-state index contributed by atoms with van der Waals surface area (Å²) in [5.74, 6) is 2.08. The summed E-state index contributed by atoms with van der Waals surface area (Å²) >= 11 is 0. The van der Waals surface area contributed by atoms with Crippen LogP contribution in [-0.2, 0) is 10.0 Å². The van der Waals surface area contributed by atoms with Crippen molar-refractivity contribution in [3.05, 3.63) is 18.2 Å². The molecule has 0 aliphatic carbocycles. The highest BCUT2D eigenvalue weighted by atomic mass is 32.2. The van der Waals surface area contributed by atoms with E-state index in [1.54, 1.807) is 4.31 Å². The van der Waals surface area contributed by atoms with Gasteiger partial charge >= 0.3 is 0 Å². The summed E-state index contributed by atoms with van der Waals surface area (Å²) in [6, 6.07) is 5.61. The van der Waals surface area contributed by atoms with Crippen LogP contribution in [0, 0.1) is 0 Å². The summed E-state index contributed by atoms with van der Waals surface area (Å²) in [6.45, 7) is 4.98. The predicted octanol–water partition coefficient (Wildman–Crippen LogP) is 1.65. The first-order valence-corrected chi connectivity index (χ1v) is 11.2. The Kier molecular flexibility index (Phi) is 6.43.